The van der Waals surface area contributed by atoms with E-state index in [1.54, 1.807) is 11.3 Å². The number of rotatable bonds is 5. The summed E-state index contributed by atoms with van der Waals surface area (Å²) in [7, 11) is 0. The largest absolute Gasteiger partial charge is 0.372 e. The summed E-state index contributed by atoms with van der Waals surface area (Å²) in [6.45, 7) is 4.18. The second-order valence-corrected chi connectivity index (χ2v) is 5.87. The summed E-state index contributed by atoms with van der Waals surface area (Å²) in [5, 5.41) is 6.59. The van der Waals surface area contributed by atoms with E-state index in [0.717, 1.165) is 18.1 Å². The number of anilines is 1. The van der Waals surface area contributed by atoms with Gasteiger partial charge in [-0.1, -0.05) is 12.1 Å². The van der Waals surface area contributed by atoms with Gasteiger partial charge in [0.15, 0.2) is 0 Å². The van der Waals surface area contributed by atoms with Crippen molar-refractivity contribution in [2.45, 2.75) is 25.9 Å². The van der Waals surface area contributed by atoms with Gasteiger partial charge in [0.05, 0.1) is 0 Å². The third-order valence-electron chi connectivity index (χ3n) is 3.50. The molecule has 0 bridgehead atoms. The summed E-state index contributed by atoms with van der Waals surface area (Å²) in [5.74, 6) is 0. The molecule has 1 aliphatic heterocycles. The first kappa shape index (κ1) is 12.6. The topological polar surface area (TPSA) is 28.2 Å². The van der Waals surface area contributed by atoms with Gasteiger partial charge in [0.1, 0.15) is 5.01 Å². The lowest BCUT2D eigenvalue weighted by atomic mass is 10.2. The molecule has 1 saturated heterocycles. The highest BCUT2D eigenvalue weighted by atomic mass is 32.1. The SMILES string of the molecule is c1csc(CNCc2ccc(N3CCCC3)cc2)n1. The second kappa shape index (κ2) is 6.17. The monoisotopic (exact) mass is 273 g/mol. The lowest BCUT2D eigenvalue weighted by molar-refractivity contribution is 0.690. The molecular weight excluding hydrogens is 254 g/mol. The second-order valence-electron chi connectivity index (χ2n) is 4.89. The molecule has 1 N–H and O–H groups in total. The van der Waals surface area contributed by atoms with E-state index in [-0.39, 0.29) is 0 Å². The normalized spacial score (nSPS) is 15.1. The lowest BCUT2D eigenvalue weighted by Crippen LogP contribution is -2.17. The lowest BCUT2D eigenvalue weighted by Gasteiger charge is -2.17. The van der Waals surface area contributed by atoms with Crippen LogP contribution in [0.1, 0.15) is 23.4 Å². The zero-order chi connectivity index (χ0) is 12.9. The van der Waals surface area contributed by atoms with Gasteiger partial charge in [0, 0.05) is 43.4 Å². The minimum atomic E-state index is 0.853. The van der Waals surface area contributed by atoms with E-state index in [9.17, 15) is 0 Å². The van der Waals surface area contributed by atoms with Crippen LogP contribution in [0.2, 0.25) is 0 Å². The van der Waals surface area contributed by atoms with Gasteiger partial charge in [-0.2, -0.15) is 0 Å². The van der Waals surface area contributed by atoms with Gasteiger partial charge in [0.2, 0.25) is 0 Å². The number of nitrogens with one attached hydrogen (secondary N) is 1. The fourth-order valence-electron chi connectivity index (χ4n) is 2.45. The third-order valence-corrected chi connectivity index (χ3v) is 4.28. The van der Waals surface area contributed by atoms with Crippen molar-refractivity contribution in [1.29, 1.82) is 0 Å². The van der Waals surface area contributed by atoms with Crippen molar-refractivity contribution in [3.8, 4) is 0 Å². The summed E-state index contributed by atoms with van der Waals surface area (Å²) in [6.07, 6.45) is 4.51. The zero-order valence-electron chi connectivity index (χ0n) is 11.0. The number of benzene rings is 1. The first-order valence-electron chi connectivity index (χ1n) is 6.85. The molecule has 2 heterocycles. The standard InChI is InChI=1S/C15H19N3S/c1-2-9-18(8-1)14-5-3-13(4-6-14)11-16-12-15-17-7-10-19-15/h3-7,10,16H,1-2,8-9,11-12H2. The maximum Gasteiger partial charge on any atom is 0.106 e. The quantitative estimate of drug-likeness (QED) is 0.907. The number of nitrogens with zero attached hydrogens (tertiary/aromatic N) is 2. The molecule has 0 saturated carbocycles. The first-order chi connectivity index (χ1) is 9.42. The Hall–Kier alpha value is -1.39. The number of hydrogen-bond donors (Lipinski definition) is 1. The van der Waals surface area contributed by atoms with E-state index in [2.05, 4.69) is 39.5 Å². The van der Waals surface area contributed by atoms with Gasteiger partial charge in [-0.25, -0.2) is 4.98 Å². The molecule has 1 fully saturated rings. The van der Waals surface area contributed by atoms with E-state index in [4.69, 9.17) is 0 Å². The van der Waals surface area contributed by atoms with Crippen LogP contribution in [0.4, 0.5) is 5.69 Å². The highest BCUT2D eigenvalue weighted by Gasteiger charge is 2.11. The molecule has 1 aromatic heterocycles. The van der Waals surface area contributed by atoms with Gasteiger partial charge in [-0.05, 0) is 30.5 Å². The molecule has 0 radical (unpaired) electrons. The van der Waals surface area contributed by atoms with Crippen molar-refractivity contribution >= 4 is 17.0 Å². The predicted octanol–water partition coefficient (Wildman–Crippen LogP) is 3.03. The van der Waals surface area contributed by atoms with Crippen molar-refractivity contribution in [3.63, 3.8) is 0 Å². The summed E-state index contributed by atoms with van der Waals surface area (Å²) >= 11 is 1.70. The van der Waals surface area contributed by atoms with Crippen LogP contribution in [0.25, 0.3) is 0 Å². The molecule has 2 aromatic rings. The highest BCUT2D eigenvalue weighted by molar-refractivity contribution is 7.09. The van der Waals surface area contributed by atoms with Gasteiger partial charge in [-0.3, -0.25) is 0 Å². The number of aromatic nitrogens is 1. The van der Waals surface area contributed by atoms with Crippen LogP contribution in [-0.2, 0) is 13.1 Å². The average molecular weight is 273 g/mol. The molecule has 0 aliphatic carbocycles. The van der Waals surface area contributed by atoms with E-state index in [1.165, 1.54) is 37.2 Å². The third kappa shape index (κ3) is 3.33. The van der Waals surface area contributed by atoms with Crippen LogP contribution in [0.5, 0.6) is 0 Å². The van der Waals surface area contributed by atoms with Crippen molar-refractivity contribution in [2.75, 3.05) is 18.0 Å². The Labute approximate surface area is 118 Å². The molecule has 4 heteroatoms. The van der Waals surface area contributed by atoms with E-state index >= 15 is 0 Å². The molecule has 1 aromatic carbocycles. The maximum absolute atomic E-state index is 4.26. The minimum absolute atomic E-state index is 0.853. The smallest absolute Gasteiger partial charge is 0.106 e. The van der Waals surface area contributed by atoms with Crippen LogP contribution >= 0.6 is 11.3 Å². The van der Waals surface area contributed by atoms with Crippen molar-refractivity contribution in [3.05, 3.63) is 46.4 Å². The summed E-state index contributed by atoms with van der Waals surface area (Å²) < 4.78 is 0. The molecule has 0 atom stereocenters. The summed E-state index contributed by atoms with van der Waals surface area (Å²) in [4.78, 5) is 6.73. The van der Waals surface area contributed by atoms with E-state index in [1.807, 2.05) is 11.6 Å². The number of hydrogen-bond acceptors (Lipinski definition) is 4. The predicted molar refractivity (Wildman–Crippen MR) is 80.5 cm³/mol. The average Bonchev–Trinajstić information content (AvgIpc) is 3.13. The van der Waals surface area contributed by atoms with Gasteiger partial charge >= 0.3 is 0 Å². The van der Waals surface area contributed by atoms with Crippen LogP contribution in [-0.4, -0.2) is 18.1 Å². The van der Waals surface area contributed by atoms with Gasteiger partial charge < -0.3 is 10.2 Å². The molecule has 0 spiro atoms. The Morgan fingerprint density at radius 2 is 1.89 bits per heavy atom. The summed E-state index contributed by atoms with van der Waals surface area (Å²) in [6, 6.07) is 8.93. The minimum Gasteiger partial charge on any atom is -0.372 e. The Morgan fingerprint density at radius 3 is 2.58 bits per heavy atom. The number of thiazole rings is 1. The molecule has 3 rings (SSSR count). The van der Waals surface area contributed by atoms with Crippen molar-refractivity contribution in [2.24, 2.45) is 0 Å². The maximum atomic E-state index is 4.26. The Kier molecular flexibility index (Phi) is 4.10. The van der Waals surface area contributed by atoms with Crippen LogP contribution in [0.15, 0.2) is 35.8 Å². The molecule has 19 heavy (non-hydrogen) atoms. The first-order valence-corrected chi connectivity index (χ1v) is 7.73. The molecule has 1 aliphatic rings. The molecular formula is C15H19N3S. The van der Waals surface area contributed by atoms with Crippen molar-refractivity contribution in [1.82, 2.24) is 10.3 Å². The molecule has 0 unspecified atom stereocenters. The van der Waals surface area contributed by atoms with Crippen LogP contribution in [0.3, 0.4) is 0 Å². The summed E-state index contributed by atoms with van der Waals surface area (Å²) in [5.41, 5.74) is 2.70. The fourth-order valence-corrected chi connectivity index (χ4v) is 3.04. The van der Waals surface area contributed by atoms with Crippen molar-refractivity contribution < 1.29 is 0 Å². The molecule has 100 valence electrons. The Bertz CT molecular complexity index is 487. The highest BCUT2D eigenvalue weighted by Crippen LogP contribution is 2.20. The van der Waals surface area contributed by atoms with E-state index < -0.39 is 0 Å². The zero-order valence-corrected chi connectivity index (χ0v) is 11.8. The van der Waals surface area contributed by atoms with Crippen LogP contribution < -0.4 is 10.2 Å². The van der Waals surface area contributed by atoms with Crippen LogP contribution in [0, 0.1) is 0 Å². The molecule has 0 amide bonds. The fraction of sp³-hybridized carbons (Fsp3) is 0.400. The molecule has 3 nitrogen and oxygen atoms in total. The Morgan fingerprint density at radius 1 is 1.11 bits per heavy atom. The van der Waals surface area contributed by atoms with E-state index in [0.29, 0.717) is 0 Å². The van der Waals surface area contributed by atoms with Gasteiger partial charge in [-0.15, -0.1) is 11.3 Å². The van der Waals surface area contributed by atoms with Gasteiger partial charge in [0.25, 0.3) is 0 Å². The Balaban J connectivity index is 1.51.